The zero-order valence-electron chi connectivity index (χ0n) is 36.1. The largest absolute Gasteiger partial charge is 0.309 e. The minimum atomic E-state index is 1.09. The lowest BCUT2D eigenvalue weighted by molar-refractivity contribution is 1.19. The van der Waals surface area contributed by atoms with E-state index in [1.54, 1.807) is 0 Å². The Morgan fingerprint density at radius 1 is 0.273 bits per heavy atom. The van der Waals surface area contributed by atoms with Gasteiger partial charge in [-0.3, -0.25) is 0 Å². The van der Waals surface area contributed by atoms with E-state index in [4.69, 9.17) is 0 Å². The summed E-state index contributed by atoms with van der Waals surface area (Å²) in [5, 5.41) is 12.5. The van der Waals surface area contributed by atoms with Crippen LogP contribution in [0.4, 0.5) is 17.1 Å². The molecule has 0 radical (unpaired) electrons. The van der Waals surface area contributed by atoms with Crippen molar-refractivity contribution in [3.05, 3.63) is 255 Å². The van der Waals surface area contributed by atoms with Crippen LogP contribution >= 0.6 is 0 Å². The molecule has 0 saturated heterocycles. The van der Waals surface area contributed by atoms with Gasteiger partial charge in [-0.1, -0.05) is 206 Å². The van der Waals surface area contributed by atoms with Crippen molar-refractivity contribution in [2.24, 2.45) is 0 Å². The Morgan fingerprint density at radius 3 is 1.62 bits per heavy atom. The van der Waals surface area contributed by atoms with Gasteiger partial charge < -0.3 is 9.47 Å². The van der Waals surface area contributed by atoms with Crippen molar-refractivity contribution in [2.45, 2.75) is 0 Å². The summed E-state index contributed by atoms with van der Waals surface area (Å²) in [6.07, 6.45) is 0. The molecule has 0 saturated carbocycles. The number of hydrogen-bond acceptors (Lipinski definition) is 1. The Morgan fingerprint density at radius 2 is 0.833 bits per heavy atom. The number of nitrogens with zero attached hydrogens (tertiary/aromatic N) is 2. The lowest BCUT2D eigenvalue weighted by atomic mass is 9.93. The number of aromatic nitrogens is 1. The Hall–Kier alpha value is -8.72. The lowest BCUT2D eigenvalue weighted by Crippen LogP contribution is -2.12. The highest BCUT2D eigenvalue weighted by atomic mass is 15.1. The van der Waals surface area contributed by atoms with Gasteiger partial charge in [0.15, 0.2) is 0 Å². The molecule has 66 heavy (non-hydrogen) atoms. The fourth-order valence-corrected chi connectivity index (χ4v) is 10.5. The highest BCUT2D eigenvalue weighted by Crippen LogP contribution is 2.46. The quantitative estimate of drug-likeness (QED) is 0.145. The molecule has 0 unspecified atom stereocenters. The van der Waals surface area contributed by atoms with Gasteiger partial charge in [-0.15, -0.1) is 0 Å². The van der Waals surface area contributed by atoms with Crippen LogP contribution in [0.15, 0.2) is 255 Å². The summed E-state index contributed by atoms with van der Waals surface area (Å²) < 4.78 is 2.44. The SMILES string of the molecule is c1ccc(-c2ccccc2N(c2ccc(-c3cc4ccccc4c4ccccc34)cc2)c2ccc(-c3ccc(-n4c5ccccc5c5ccc6ccccc6c54)cc3)c3ccccc23)cc1. The van der Waals surface area contributed by atoms with Crippen LogP contribution in [0, 0.1) is 0 Å². The van der Waals surface area contributed by atoms with Crippen LogP contribution in [-0.2, 0) is 0 Å². The van der Waals surface area contributed by atoms with Gasteiger partial charge in [0.2, 0.25) is 0 Å². The summed E-state index contributed by atoms with van der Waals surface area (Å²) in [5.74, 6) is 0. The van der Waals surface area contributed by atoms with Crippen molar-refractivity contribution in [3.63, 3.8) is 0 Å². The molecule has 0 atom stereocenters. The Balaban J connectivity index is 0.958. The van der Waals surface area contributed by atoms with Crippen molar-refractivity contribution in [3.8, 4) is 39.1 Å². The minimum absolute atomic E-state index is 1.09. The van der Waals surface area contributed by atoms with E-state index in [2.05, 4.69) is 264 Å². The Labute approximate surface area is 383 Å². The maximum absolute atomic E-state index is 2.45. The fourth-order valence-electron chi connectivity index (χ4n) is 10.5. The van der Waals surface area contributed by atoms with E-state index in [0.717, 1.165) is 22.7 Å². The standard InChI is InChI=1S/C64H42N2/c1-2-16-43(17-3-1)52-21-12-14-28-61(52)65(48-35-32-46(33-36-48)60-42-47-19-5-6-20-50(47)54-23-8-9-25-56(54)60)63-41-40-51(55-24-10-11-26-57(55)63)45-30-37-49(38-31-45)66-62-29-15-13-27-58(62)59-39-34-44-18-4-7-22-53(44)64(59)66/h1-42H. The molecule has 12 aromatic carbocycles. The van der Waals surface area contributed by atoms with E-state index >= 15 is 0 Å². The topological polar surface area (TPSA) is 8.17 Å². The molecule has 13 aromatic rings. The molecule has 0 fully saturated rings. The van der Waals surface area contributed by atoms with Crippen molar-refractivity contribution in [1.82, 2.24) is 4.57 Å². The molecular weight excluding hydrogens is 797 g/mol. The number of anilines is 3. The Bertz CT molecular complexity index is 3970. The van der Waals surface area contributed by atoms with Crippen molar-refractivity contribution < 1.29 is 0 Å². The molecule has 0 aliphatic carbocycles. The third-order valence-electron chi connectivity index (χ3n) is 13.6. The van der Waals surface area contributed by atoms with Crippen LogP contribution in [0.1, 0.15) is 0 Å². The van der Waals surface area contributed by atoms with Crippen molar-refractivity contribution in [2.75, 3.05) is 4.90 Å². The fraction of sp³-hybridized carbons (Fsp3) is 0. The molecule has 0 amide bonds. The van der Waals surface area contributed by atoms with Crippen LogP contribution in [-0.4, -0.2) is 4.57 Å². The highest BCUT2D eigenvalue weighted by Gasteiger charge is 2.22. The van der Waals surface area contributed by atoms with Gasteiger partial charge in [0.25, 0.3) is 0 Å². The van der Waals surface area contributed by atoms with Crippen LogP contribution in [0.2, 0.25) is 0 Å². The van der Waals surface area contributed by atoms with E-state index in [1.807, 2.05) is 0 Å². The molecule has 2 heteroatoms. The van der Waals surface area contributed by atoms with E-state index in [0.29, 0.717) is 0 Å². The molecule has 0 aliphatic heterocycles. The first-order chi connectivity index (χ1) is 32.8. The van der Waals surface area contributed by atoms with E-state index in [1.165, 1.54) is 98.3 Å². The van der Waals surface area contributed by atoms with Crippen LogP contribution in [0.25, 0.3) is 104 Å². The zero-order valence-corrected chi connectivity index (χ0v) is 36.1. The van der Waals surface area contributed by atoms with Gasteiger partial charge in [-0.2, -0.15) is 0 Å². The maximum atomic E-state index is 2.45. The number of hydrogen-bond donors (Lipinski definition) is 0. The van der Waals surface area contributed by atoms with Crippen LogP contribution in [0.3, 0.4) is 0 Å². The summed E-state index contributed by atoms with van der Waals surface area (Å²) in [6, 6.07) is 93.2. The third kappa shape index (κ3) is 6.11. The molecule has 0 N–H and O–H groups in total. The van der Waals surface area contributed by atoms with E-state index in [9.17, 15) is 0 Å². The molecule has 13 rings (SSSR count). The molecule has 308 valence electrons. The summed E-state index contributed by atoms with van der Waals surface area (Å²) >= 11 is 0. The minimum Gasteiger partial charge on any atom is -0.309 e. The van der Waals surface area contributed by atoms with Crippen LogP contribution < -0.4 is 4.90 Å². The van der Waals surface area contributed by atoms with Gasteiger partial charge >= 0.3 is 0 Å². The molecule has 0 bridgehead atoms. The molecule has 0 aliphatic rings. The highest BCUT2D eigenvalue weighted by molar-refractivity contribution is 6.19. The van der Waals surface area contributed by atoms with Crippen LogP contribution in [0.5, 0.6) is 0 Å². The number of rotatable bonds is 7. The average Bonchev–Trinajstić information content (AvgIpc) is 3.74. The molecule has 2 nitrogen and oxygen atoms in total. The van der Waals surface area contributed by atoms with E-state index < -0.39 is 0 Å². The Kier molecular flexibility index (Phi) is 8.89. The number of fused-ring (bicyclic) bond motifs is 9. The number of benzene rings is 12. The second-order valence-corrected chi connectivity index (χ2v) is 17.2. The average molecular weight is 839 g/mol. The summed E-state index contributed by atoms with van der Waals surface area (Å²) in [7, 11) is 0. The van der Waals surface area contributed by atoms with Gasteiger partial charge in [0.05, 0.1) is 22.4 Å². The predicted molar refractivity (Wildman–Crippen MR) is 282 cm³/mol. The second-order valence-electron chi connectivity index (χ2n) is 17.2. The smallest absolute Gasteiger partial charge is 0.0619 e. The first-order valence-corrected chi connectivity index (χ1v) is 22.8. The molecule has 1 aromatic heterocycles. The normalized spacial score (nSPS) is 11.6. The van der Waals surface area contributed by atoms with Gasteiger partial charge in [0, 0.05) is 38.5 Å². The summed E-state index contributed by atoms with van der Waals surface area (Å²) in [4.78, 5) is 2.45. The van der Waals surface area contributed by atoms with Gasteiger partial charge in [-0.25, -0.2) is 0 Å². The van der Waals surface area contributed by atoms with E-state index in [-0.39, 0.29) is 0 Å². The summed E-state index contributed by atoms with van der Waals surface area (Å²) in [5.41, 5.74) is 14.1. The second kappa shape index (κ2) is 15.5. The van der Waals surface area contributed by atoms with Crippen molar-refractivity contribution >= 4 is 82.0 Å². The number of para-hydroxylation sites is 2. The first-order valence-electron chi connectivity index (χ1n) is 22.8. The summed E-state index contributed by atoms with van der Waals surface area (Å²) in [6.45, 7) is 0. The van der Waals surface area contributed by atoms with Crippen molar-refractivity contribution in [1.29, 1.82) is 0 Å². The molecule has 1 heterocycles. The lowest BCUT2D eigenvalue weighted by Gasteiger charge is -2.29. The molecule has 0 spiro atoms. The predicted octanol–water partition coefficient (Wildman–Crippen LogP) is 17.9. The monoisotopic (exact) mass is 838 g/mol. The van der Waals surface area contributed by atoms with Gasteiger partial charge in [-0.05, 0) is 109 Å². The zero-order chi connectivity index (χ0) is 43.6. The molecular formula is C64H42N2. The van der Waals surface area contributed by atoms with Gasteiger partial charge in [0.1, 0.15) is 0 Å². The first kappa shape index (κ1) is 37.8. The maximum Gasteiger partial charge on any atom is 0.0619 e. The third-order valence-corrected chi connectivity index (χ3v) is 13.6.